The second kappa shape index (κ2) is 4.12. The summed E-state index contributed by atoms with van der Waals surface area (Å²) in [4.78, 5) is 15.7. The molecule has 1 saturated carbocycles. The molecule has 1 aliphatic rings. The van der Waals surface area contributed by atoms with Crippen LogP contribution in [0.15, 0.2) is 18.2 Å². The predicted molar refractivity (Wildman–Crippen MR) is 58.6 cm³/mol. The van der Waals surface area contributed by atoms with Crippen LogP contribution in [0, 0.1) is 0 Å². The van der Waals surface area contributed by atoms with Crippen molar-refractivity contribution >= 4 is 5.97 Å². The Labute approximate surface area is 94.3 Å². The molecule has 1 heterocycles. The van der Waals surface area contributed by atoms with E-state index in [1.807, 2.05) is 0 Å². The molecular formula is C12H15NO3. The summed E-state index contributed by atoms with van der Waals surface area (Å²) in [6, 6.07) is 5.31. The second-order valence-corrected chi connectivity index (χ2v) is 4.16. The van der Waals surface area contributed by atoms with Gasteiger partial charge in [0.25, 0.3) is 0 Å². The first kappa shape index (κ1) is 10.9. The number of hydrogen-bond acceptors (Lipinski definition) is 3. The Hall–Kier alpha value is -1.58. The van der Waals surface area contributed by atoms with Gasteiger partial charge in [0.05, 0.1) is 12.8 Å². The number of methoxy groups -OCH3 is 1. The molecule has 0 bridgehead atoms. The third-order valence-electron chi connectivity index (χ3n) is 3.29. The van der Waals surface area contributed by atoms with Crippen molar-refractivity contribution in [2.75, 3.05) is 7.11 Å². The summed E-state index contributed by atoms with van der Waals surface area (Å²) in [6.07, 6.45) is 3.24. The summed E-state index contributed by atoms with van der Waals surface area (Å²) in [5.74, 6) is -0.296. The molecule has 0 saturated heterocycles. The van der Waals surface area contributed by atoms with Crippen molar-refractivity contribution in [3.63, 3.8) is 0 Å². The number of carbonyl (C=O) groups is 1. The molecule has 0 spiro atoms. The highest BCUT2D eigenvalue weighted by Gasteiger charge is 2.44. The summed E-state index contributed by atoms with van der Waals surface area (Å²) in [5, 5.41) is 9.40. The second-order valence-electron chi connectivity index (χ2n) is 4.16. The van der Waals surface area contributed by atoms with E-state index >= 15 is 0 Å². The van der Waals surface area contributed by atoms with E-state index in [9.17, 15) is 9.90 Å². The number of carboxylic acids is 1. The van der Waals surface area contributed by atoms with Gasteiger partial charge in [-0.2, -0.15) is 0 Å². The van der Waals surface area contributed by atoms with Gasteiger partial charge in [-0.15, -0.1) is 0 Å². The van der Waals surface area contributed by atoms with E-state index in [0.29, 0.717) is 24.4 Å². The Bertz CT molecular complexity index is 397. The molecule has 0 atom stereocenters. The number of hydrogen-bond donors (Lipinski definition) is 1. The van der Waals surface area contributed by atoms with Crippen LogP contribution in [0.3, 0.4) is 0 Å². The van der Waals surface area contributed by atoms with E-state index in [1.165, 1.54) is 7.11 Å². The first-order chi connectivity index (χ1) is 7.69. The predicted octanol–water partition coefficient (Wildman–Crippen LogP) is 1.99. The molecule has 0 aromatic carbocycles. The molecule has 1 aromatic rings. The van der Waals surface area contributed by atoms with Crippen LogP contribution in [0.4, 0.5) is 0 Å². The lowest BCUT2D eigenvalue weighted by Gasteiger charge is -2.23. The van der Waals surface area contributed by atoms with Gasteiger partial charge in [-0.3, -0.25) is 4.79 Å². The summed E-state index contributed by atoms with van der Waals surface area (Å²) in [7, 11) is 1.54. The van der Waals surface area contributed by atoms with Crippen LogP contribution in [-0.2, 0) is 10.2 Å². The maximum Gasteiger partial charge on any atom is 0.315 e. The fraction of sp³-hybridized carbons (Fsp3) is 0.500. The van der Waals surface area contributed by atoms with Crippen LogP contribution in [0.25, 0.3) is 0 Å². The topological polar surface area (TPSA) is 59.4 Å². The first-order valence-electron chi connectivity index (χ1n) is 5.44. The van der Waals surface area contributed by atoms with E-state index in [-0.39, 0.29) is 0 Å². The Morgan fingerprint density at radius 2 is 2.12 bits per heavy atom. The first-order valence-corrected chi connectivity index (χ1v) is 5.44. The van der Waals surface area contributed by atoms with Gasteiger partial charge < -0.3 is 9.84 Å². The molecule has 86 valence electrons. The fourth-order valence-corrected chi connectivity index (χ4v) is 2.35. The SMILES string of the molecule is COc1cccc(C2(C(=O)O)CCCC2)n1. The van der Waals surface area contributed by atoms with Crippen LogP contribution in [-0.4, -0.2) is 23.2 Å². The molecule has 0 radical (unpaired) electrons. The third kappa shape index (κ3) is 1.64. The number of ether oxygens (including phenoxy) is 1. The number of pyridine rings is 1. The fourth-order valence-electron chi connectivity index (χ4n) is 2.35. The monoisotopic (exact) mass is 221 g/mol. The van der Waals surface area contributed by atoms with Crippen LogP contribution in [0.5, 0.6) is 5.88 Å². The molecule has 1 aliphatic carbocycles. The van der Waals surface area contributed by atoms with Crippen molar-refractivity contribution in [3.05, 3.63) is 23.9 Å². The van der Waals surface area contributed by atoms with E-state index in [0.717, 1.165) is 12.8 Å². The highest BCUT2D eigenvalue weighted by Crippen LogP contribution is 2.40. The molecule has 1 aromatic heterocycles. The van der Waals surface area contributed by atoms with Gasteiger partial charge in [-0.1, -0.05) is 18.9 Å². The highest BCUT2D eigenvalue weighted by atomic mass is 16.5. The quantitative estimate of drug-likeness (QED) is 0.847. The molecule has 4 nitrogen and oxygen atoms in total. The van der Waals surface area contributed by atoms with Crippen LogP contribution >= 0.6 is 0 Å². The zero-order valence-electron chi connectivity index (χ0n) is 9.27. The van der Waals surface area contributed by atoms with Gasteiger partial charge in [-0.05, 0) is 18.9 Å². The average molecular weight is 221 g/mol. The van der Waals surface area contributed by atoms with Crippen LogP contribution in [0.1, 0.15) is 31.4 Å². The third-order valence-corrected chi connectivity index (χ3v) is 3.29. The van der Waals surface area contributed by atoms with E-state index < -0.39 is 11.4 Å². The van der Waals surface area contributed by atoms with Crippen molar-refractivity contribution in [3.8, 4) is 5.88 Å². The lowest BCUT2D eigenvalue weighted by atomic mass is 9.82. The van der Waals surface area contributed by atoms with Crippen molar-refractivity contribution in [2.45, 2.75) is 31.1 Å². The van der Waals surface area contributed by atoms with Crippen molar-refractivity contribution in [1.82, 2.24) is 4.98 Å². The van der Waals surface area contributed by atoms with Crippen LogP contribution in [0.2, 0.25) is 0 Å². The number of rotatable bonds is 3. The van der Waals surface area contributed by atoms with E-state index in [4.69, 9.17) is 4.74 Å². The average Bonchev–Trinajstić information content (AvgIpc) is 2.79. The molecule has 16 heavy (non-hydrogen) atoms. The van der Waals surface area contributed by atoms with Crippen LogP contribution < -0.4 is 4.74 Å². The number of nitrogens with zero attached hydrogens (tertiary/aromatic N) is 1. The molecular weight excluding hydrogens is 206 g/mol. The Morgan fingerprint density at radius 1 is 1.44 bits per heavy atom. The van der Waals surface area contributed by atoms with Gasteiger partial charge in [0.15, 0.2) is 0 Å². The zero-order valence-corrected chi connectivity index (χ0v) is 9.27. The lowest BCUT2D eigenvalue weighted by molar-refractivity contribution is -0.143. The molecule has 2 rings (SSSR count). The minimum Gasteiger partial charge on any atom is -0.481 e. The molecule has 1 N–H and O–H groups in total. The molecule has 0 unspecified atom stereocenters. The molecule has 1 fully saturated rings. The largest absolute Gasteiger partial charge is 0.481 e. The number of carboxylic acid groups (broad SMARTS) is 1. The van der Waals surface area contributed by atoms with Gasteiger partial charge in [0.2, 0.25) is 5.88 Å². The van der Waals surface area contributed by atoms with Gasteiger partial charge >= 0.3 is 5.97 Å². The highest BCUT2D eigenvalue weighted by molar-refractivity contribution is 5.81. The van der Waals surface area contributed by atoms with Gasteiger partial charge in [0.1, 0.15) is 5.41 Å². The number of aromatic nitrogens is 1. The van der Waals surface area contributed by atoms with Crippen molar-refractivity contribution < 1.29 is 14.6 Å². The maximum absolute atomic E-state index is 11.4. The summed E-state index contributed by atoms with van der Waals surface area (Å²) < 4.78 is 5.04. The Balaban J connectivity index is 2.43. The smallest absolute Gasteiger partial charge is 0.315 e. The minimum atomic E-state index is -0.797. The van der Waals surface area contributed by atoms with E-state index in [1.54, 1.807) is 18.2 Å². The van der Waals surface area contributed by atoms with Gasteiger partial charge in [-0.25, -0.2) is 4.98 Å². The Kier molecular flexibility index (Phi) is 2.81. The molecule has 0 aliphatic heterocycles. The van der Waals surface area contributed by atoms with Gasteiger partial charge in [0, 0.05) is 6.07 Å². The standard InChI is InChI=1S/C12H15NO3/c1-16-10-6-4-5-9(13-10)12(11(14)15)7-2-3-8-12/h4-6H,2-3,7-8H2,1H3,(H,14,15). The lowest BCUT2D eigenvalue weighted by Crippen LogP contribution is -2.33. The summed E-state index contributed by atoms with van der Waals surface area (Å²) in [5.41, 5.74) is -0.175. The minimum absolute atomic E-state index is 0.477. The Morgan fingerprint density at radius 3 is 2.69 bits per heavy atom. The molecule has 4 heteroatoms. The van der Waals surface area contributed by atoms with Crippen molar-refractivity contribution in [1.29, 1.82) is 0 Å². The zero-order chi connectivity index (χ0) is 11.6. The summed E-state index contributed by atoms with van der Waals surface area (Å²) >= 11 is 0. The normalized spacial score (nSPS) is 18.3. The number of aliphatic carboxylic acids is 1. The molecule has 0 amide bonds. The summed E-state index contributed by atoms with van der Waals surface area (Å²) in [6.45, 7) is 0. The maximum atomic E-state index is 11.4. The van der Waals surface area contributed by atoms with E-state index in [2.05, 4.69) is 4.98 Å². The van der Waals surface area contributed by atoms with Crippen molar-refractivity contribution in [2.24, 2.45) is 0 Å².